The lowest BCUT2D eigenvalue weighted by Gasteiger charge is -2.46. The molecule has 2 rings (SSSR count). The van der Waals surface area contributed by atoms with Crippen molar-refractivity contribution >= 4 is 15.9 Å². The van der Waals surface area contributed by atoms with Crippen LogP contribution in [0, 0.1) is 10.8 Å². The second-order valence-electron chi connectivity index (χ2n) is 8.02. The Labute approximate surface area is 132 Å². The molecule has 0 bridgehead atoms. The van der Waals surface area contributed by atoms with E-state index in [1.54, 1.807) is 0 Å². The first-order valence-electron chi connectivity index (χ1n) is 7.69. The second-order valence-corrected chi connectivity index (χ2v) is 8.87. The van der Waals surface area contributed by atoms with Crippen LogP contribution < -0.4 is 5.32 Å². The molecule has 0 spiro atoms. The third-order valence-electron chi connectivity index (χ3n) is 4.41. The highest BCUT2D eigenvalue weighted by atomic mass is 79.9. The normalized spacial score (nSPS) is 23.5. The van der Waals surface area contributed by atoms with Crippen LogP contribution in [0.15, 0.2) is 28.7 Å². The van der Waals surface area contributed by atoms with Gasteiger partial charge in [0.25, 0.3) is 0 Å². The Balaban J connectivity index is 2.08. The van der Waals surface area contributed by atoms with Crippen LogP contribution in [0.4, 0.5) is 0 Å². The molecule has 2 heteroatoms. The summed E-state index contributed by atoms with van der Waals surface area (Å²) < 4.78 is 1.20. The van der Waals surface area contributed by atoms with Gasteiger partial charge in [0.2, 0.25) is 0 Å². The Bertz CT molecular complexity index is 448. The van der Waals surface area contributed by atoms with E-state index < -0.39 is 0 Å². The second kappa shape index (κ2) is 5.81. The molecule has 0 heterocycles. The number of rotatable bonds is 3. The third-order valence-corrected chi connectivity index (χ3v) is 5.13. The highest BCUT2D eigenvalue weighted by Gasteiger charge is 2.38. The van der Waals surface area contributed by atoms with Crippen molar-refractivity contribution in [1.82, 2.24) is 5.32 Å². The van der Waals surface area contributed by atoms with Crippen molar-refractivity contribution in [1.29, 1.82) is 0 Å². The molecule has 1 aliphatic rings. The minimum Gasteiger partial charge on any atom is -0.307 e. The first kappa shape index (κ1) is 16.0. The molecular weight excluding hydrogens is 310 g/mol. The molecule has 0 amide bonds. The van der Waals surface area contributed by atoms with Crippen molar-refractivity contribution < 1.29 is 0 Å². The molecule has 1 fully saturated rings. The number of nitrogens with one attached hydrogen (secondary N) is 1. The lowest BCUT2D eigenvalue weighted by atomic mass is 9.63. The quantitative estimate of drug-likeness (QED) is 0.745. The van der Waals surface area contributed by atoms with Gasteiger partial charge >= 0.3 is 0 Å². The minimum absolute atomic E-state index is 0.389. The fourth-order valence-electron chi connectivity index (χ4n) is 4.23. The SMILES string of the molecule is C[C@H](NC1CC(C)(C)CC(C)(C)C1)c1ccccc1Br. The lowest BCUT2D eigenvalue weighted by Crippen LogP contribution is -2.44. The van der Waals surface area contributed by atoms with E-state index in [2.05, 4.69) is 80.1 Å². The average Bonchev–Trinajstić information content (AvgIpc) is 2.24. The Morgan fingerprint density at radius 1 is 1.10 bits per heavy atom. The predicted molar refractivity (Wildman–Crippen MR) is 90.9 cm³/mol. The predicted octanol–water partition coefficient (Wildman–Crippen LogP) is 5.70. The molecule has 1 nitrogen and oxygen atoms in total. The van der Waals surface area contributed by atoms with Gasteiger partial charge in [-0.15, -0.1) is 0 Å². The van der Waals surface area contributed by atoms with Gasteiger partial charge < -0.3 is 5.32 Å². The van der Waals surface area contributed by atoms with Gasteiger partial charge in [-0.1, -0.05) is 61.8 Å². The van der Waals surface area contributed by atoms with Gasteiger partial charge in [0.05, 0.1) is 0 Å². The van der Waals surface area contributed by atoms with Crippen LogP contribution in [-0.2, 0) is 0 Å². The van der Waals surface area contributed by atoms with Gasteiger partial charge in [0.15, 0.2) is 0 Å². The van der Waals surface area contributed by atoms with Gasteiger partial charge in [-0.2, -0.15) is 0 Å². The monoisotopic (exact) mass is 337 g/mol. The molecule has 0 radical (unpaired) electrons. The van der Waals surface area contributed by atoms with Crippen LogP contribution >= 0.6 is 15.9 Å². The molecule has 0 aromatic heterocycles. The smallest absolute Gasteiger partial charge is 0.0305 e. The van der Waals surface area contributed by atoms with Crippen LogP contribution in [0.2, 0.25) is 0 Å². The van der Waals surface area contributed by atoms with E-state index in [0.717, 1.165) is 0 Å². The van der Waals surface area contributed by atoms with E-state index in [0.29, 0.717) is 22.9 Å². The van der Waals surface area contributed by atoms with Gasteiger partial charge in [0.1, 0.15) is 0 Å². The molecule has 112 valence electrons. The molecule has 1 aliphatic carbocycles. The largest absolute Gasteiger partial charge is 0.307 e. The van der Waals surface area contributed by atoms with E-state index in [-0.39, 0.29) is 0 Å². The first-order chi connectivity index (χ1) is 9.19. The Morgan fingerprint density at radius 2 is 1.65 bits per heavy atom. The summed E-state index contributed by atoms with van der Waals surface area (Å²) in [4.78, 5) is 0. The van der Waals surface area contributed by atoms with Gasteiger partial charge in [0, 0.05) is 16.6 Å². The summed E-state index contributed by atoms with van der Waals surface area (Å²) in [5.74, 6) is 0. The van der Waals surface area contributed by atoms with Crippen LogP contribution in [-0.4, -0.2) is 6.04 Å². The summed E-state index contributed by atoms with van der Waals surface area (Å²) in [6.07, 6.45) is 3.86. The van der Waals surface area contributed by atoms with Crippen molar-refractivity contribution in [3.63, 3.8) is 0 Å². The maximum atomic E-state index is 3.86. The zero-order chi connectivity index (χ0) is 15.0. The zero-order valence-electron chi connectivity index (χ0n) is 13.5. The highest BCUT2D eigenvalue weighted by molar-refractivity contribution is 9.10. The molecule has 0 saturated heterocycles. The third kappa shape index (κ3) is 4.08. The van der Waals surface area contributed by atoms with Crippen molar-refractivity contribution in [2.75, 3.05) is 0 Å². The Morgan fingerprint density at radius 3 is 2.20 bits per heavy atom. The van der Waals surface area contributed by atoms with Crippen LogP contribution in [0.5, 0.6) is 0 Å². The van der Waals surface area contributed by atoms with Crippen LogP contribution in [0.3, 0.4) is 0 Å². The fraction of sp³-hybridized carbons (Fsp3) is 0.667. The summed E-state index contributed by atoms with van der Waals surface area (Å²) in [7, 11) is 0. The average molecular weight is 338 g/mol. The molecule has 0 unspecified atom stereocenters. The molecule has 1 aromatic carbocycles. The number of hydrogen-bond donors (Lipinski definition) is 1. The first-order valence-corrected chi connectivity index (χ1v) is 8.48. The topological polar surface area (TPSA) is 12.0 Å². The lowest BCUT2D eigenvalue weighted by molar-refractivity contribution is 0.0811. The number of hydrogen-bond acceptors (Lipinski definition) is 1. The molecule has 1 saturated carbocycles. The maximum absolute atomic E-state index is 3.86. The van der Waals surface area contributed by atoms with Crippen molar-refractivity contribution in [2.24, 2.45) is 10.8 Å². The number of benzene rings is 1. The molecule has 1 aromatic rings. The van der Waals surface area contributed by atoms with E-state index in [4.69, 9.17) is 0 Å². The Hall–Kier alpha value is -0.340. The van der Waals surface area contributed by atoms with Gasteiger partial charge in [-0.05, 0) is 48.6 Å². The van der Waals surface area contributed by atoms with E-state index >= 15 is 0 Å². The van der Waals surface area contributed by atoms with Crippen molar-refractivity contribution in [3.8, 4) is 0 Å². The van der Waals surface area contributed by atoms with Crippen molar-refractivity contribution in [3.05, 3.63) is 34.3 Å². The molecule has 0 aliphatic heterocycles. The fourth-order valence-corrected chi connectivity index (χ4v) is 4.86. The number of halogens is 1. The van der Waals surface area contributed by atoms with Crippen LogP contribution in [0.25, 0.3) is 0 Å². The summed E-state index contributed by atoms with van der Waals surface area (Å²) in [6, 6.07) is 9.53. The van der Waals surface area contributed by atoms with Crippen molar-refractivity contribution in [2.45, 2.75) is 66.0 Å². The zero-order valence-corrected chi connectivity index (χ0v) is 15.0. The molecule has 20 heavy (non-hydrogen) atoms. The van der Waals surface area contributed by atoms with Gasteiger partial charge in [-0.25, -0.2) is 0 Å². The standard InChI is InChI=1S/C18H28BrN/c1-13(15-8-6-7-9-16(15)19)20-14-10-17(2,3)12-18(4,5)11-14/h6-9,13-14,20H,10-12H2,1-5H3/t13-/m0/s1. The minimum atomic E-state index is 0.389. The molecule has 1 N–H and O–H groups in total. The highest BCUT2D eigenvalue weighted by Crippen LogP contribution is 2.46. The summed E-state index contributed by atoms with van der Waals surface area (Å²) in [6.45, 7) is 11.9. The molecular formula is C18H28BrN. The summed E-state index contributed by atoms with van der Waals surface area (Å²) in [5.41, 5.74) is 2.23. The maximum Gasteiger partial charge on any atom is 0.0305 e. The van der Waals surface area contributed by atoms with E-state index in [1.165, 1.54) is 29.3 Å². The van der Waals surface area contributed by atoms with Crippen LogP contribution in [0.1, 0.15) is 65.5 Å². The molecule has 1 atom stereocenters. The van der Waals surface area contributed by atoms with E-state index in [9.17, 15) is 0 Å². The van der Waals surface area contributed by atoms with E-state index in [1.807, 2.05) is 0 Å². The summed E-state index contributed by atoms with van der Waals surface area (Å²) in [5, 5.41) is 3.86. The van der Waals surface area contributed by atoms with Gasteiger partial charge in [-0.3, -0.25) is 0 Å². The summed E-state index contributed by atoms with van der Waals surface area (Å²) >= 11 is 3.67. The Kier molecular flexibility index (Phi) is 4.66.